The van der Waals surface area contributed by atoms with Crippen molar-refractivity contribution in [2.24, 2.45) is 7.05 Å². The van der Waals surface area contributed by atoms with Crippen LogP contribution in [0.2, 0.25) is 0 Å². The predicted molar refractivity (Wildman–Crippen MR) is 109 cm³/mol. The van der Waals surface area contributed by atoms with Crippen LogP contribution in [-0.2, 0) is 13.5 Å². The number of nitrogens with zero attached hydrogens (tertiary/aromatic N) is 3. The van der Waals surface area contributed by atoms with Crippen molar-refractivity contribution >= 4 is 23.1 Å². The smallest absolute Gasteiger partial charge is 0.0782 e. The average Bonchev–Trinajstić information content (AvgIpc) is 3.11. The van der Waals surface area contributed by atoms with Gasteiger partial charge in [0.05, 0.1) is 17.4 Å². The van der Waals surface area contributed by atoms with Gasteiger partial charge in [0.1, 0.15) is 0 Å². The molecule has 0 fully saturated rings. The van der Waals surface area contributed by atoms with Gasteiger partial charge in [-0.3, -0.25) is 4.68 Å². The van der Waals surface area contributed by atoms with Crippen molar-refractivity contribution in [2.75, 3.05) is 0 Å². The standard InChI is InChI=1S/C23H21N3/c1-3-18-14-21-11-7-10-20(13-12-17-15-24-26(2)16-17)23(21)25-22(18)19-8-5-4-6-9-19/h4-16H,3H2,1-2H3/b13-12-. The predicted octanol–water partition coefficient (Wildman–Crippen LogP) is 5.37. The Bertz CT molecular complexity index is 1080. The van der Waals surface area contributed by atoms with Gasteiger partial charge in [0, 0.05) is 35.3 Å². The molecule has 0 N–H and O–H groups in total. The van der Waals surface area contributed by atoms with Crippen LogP contribution >= 0.6 is 0 Å². The summed E-state index contributed by atoms with van der Waals surface area (Å²) in [5.74, 6) is 0. The molecule has 2 aromatic carbocycles. The molecule has 0 bridgehead atoms. The molecule has 0 unspecified atom stereocenters. The SMILES string of the molecule is CCc1cc2cccc(/C=C\c3cnn(C)c3)c2nc1-c1ccccc1. The number of aromatic nitrogens is 3. The molecule has 0 aliphatic rings. The Hall–Kier alpha value is -3.20. The van der Waals surface area contributed by atoms with Crippen molar-refractivity contribution in [1.29, 1.82) is 0 Å². The molecule has 4 aromatic rings. The lowest BCUT2D eigenvalue weighted by Crippen LogP contribution is -1.94. The van der Waals surface area contributed by atoms with Crippen molar-refractivity contribution in [3.8, 4) is 11.3 Å². The first kappa shape index (κ1) is 16.3. The van der Waals surface area contributed by atoms with Gasteiger partial charge < -0.3 is 0 Å². The molecule has 0 aliphatic carbocycles. The van der Waals surface area contributed by atoms with E-state index in [1.54, 1.807) is 0 Å². The number of rotatable bonds is 4. The number of benzene rings is 2. The summed E-state index contributed by atoms with van der Waals surface area (Å²) in [6.07, 6.45) is 9.02. The fourth-order valence-electron chi connectivity index (χ4n) is 3.23. The topological polar surface area (TPSA) is 30.7 Å². The monoisotopic (exact) mass is 339 g/mol. The van der Waals surface area contributed by atoms with E-state index in [1.165, 1.54) is 10.9 Å². The third-order valence-corrected chi connectivity index (χ3v) is 4.56. The molecule has 2 heterocycles. The lowest BCUT2D eigenvalue weighted by Gasteiger charge is -2.11. The quantitative estimate of drug-likeness (QED) is 0.500. The van der Waals surface area contributed by atoms with Crippen LogP contribution in [0, 0.1) is 0 Å². The maximum absolute atomic E-state index is 5.06. The van der Waals surface area contributed by atoms with Crippen molar-refractivity contribution in [3.63, 3.8) is 0 Å². The zero-order valence-electron chi connectivity index (χ0n) is 15.1. The van der Waals surface area contributed by atoms with Crippen molar-refractivity contribution in [3.05, 3.63) is 83.7 Å². The summed E-state index contributed by atoms with van der Waals surface area (Å²) >= 11 is 0. The maximum Gasteiger partial charge on any atom is 0.0782 e. The molecule has 4 rings (SSSR count). The highest BCUT2D eigenvalue weighted by Crippen LogP contribution is 2.28. The second-order valence-corrected chi connectivity index (χ2v) is 6.42. The van der Waals surface area contributed by atoms with E-state index in [4.69, 9.17) is 4.98 Å². The summed E-state index contributed by atoms with van der Waals surface area (Å²) in [4.78, 5) is 5.06. The minimum Gasteiger partial charge on any atom is -0.275 e. The fourth-order valence-corrected chi connectivity index (χ4v) is 3.23. The van der Waals surface area contributed by atoms with Crippen LogP contribution in [0.4, 0.5) is 0 Å². The number of para-hydroxylation sites is 1. The van der Waals surface area contributed by atoms with Crippen LogP contribution in [0.25, 0.3) is 34.3 Å². The normalized spacial score (nSPS) is 11.5. The van der Waals surface area contributed by atoms with Gasteiger partial charge in [-0.25, -0.2) is 4.98 Å². The molecular formula is C23H21N3. The second-order valence-electron chi connectivity index (χ2n) is 6.42. The summed E-state index contributed by atoms with van der Waals surface area (Å²) in [7, 11) is 1.93. The molecule has 3 nitrogen and oxygen atoms in total. The van der Waals surface area contributed by atoms with Gasteiger partial charge in [-0.05, 0) is 18.1 Å². The van der Waals surface area contributed by atoms with Gasteiger partial charge in [0.25, 0.3) is 0 Å². The van der Waals surface area contributed by atoms with Gasteiger partial charge in [-0.1, -0.05) is 67.6 Å². The van der Waals surface area contributed by atoms with E-state index in [2.05, 4.69) is 72.7 Å². The molecule has 0 saturated heterocycles. The first-order chi connectivity index (χ1) is 12.7. The molecule has 0 amide bonds. The summed E-state index contributed by atoms with van der Waals surface area (Å²) in [6, 6.07) is 19.0. The number of fused-ring (bicyclic) bond motifs is 1. The van der Waals surface area contributed by atoms with Crippen LogP contribution in [0.3, 0.4) is 0 Å². The molecule has 0 spiro atoms. The molecule has 0 atom stereocenters. The van der Waals surface area contributed by atoms with Crippen LogP contribution in [-0.4, -0.2) is 14.8 Å². The van der Waals surface area contributed by atoms with E-state index in [9.17, 15) is 0 Å². The van der Waals surface area contributed by atoms with Crippen LogP contribution < -0.4 is 0 Å². The van der Waals surface area contributed by atoms with Crippen LogP contribution in [0.15, 0.2) is 67.0 Å². The van der Waals surface area contributed by atoms with E-state index in [0.29, 0.717) is 0 Å². The lowest BCUT2D eigenvalue weighted by molar-refractivity contribution is 0.767. The highest BCUT2D eigenvalue weighted by atomic mass is 15.2. The highest BCUT2D eigenvalue weighted by Gasteiger charge is 2.09. The summed E-state index contributed by atoms with van der Waals surface area (Å²) in [6.45, 7) is 2.18. The van der Waals surface area contributed by atoms with E-state index < -0.39 is 0 Å². The number of pyridine rings is 1. The first-order valence-corrected chi connectivity index (χ1v) is 8.89. The van der Waals surface area contributed by atoms with Crippen LogP contribution in [0.5, 0.6) is 0 Å². The van der Waals surface area contributed by atoms with E-state index >= 15 is 0 Å². The summed E-state index contributed by atoms with van der Waals surface area (Å²) in [5.41, 5.74) is 6.74. The summed E-state index contributed by atoms with van der Waals surface area (Å²) in [5, 5.41) is 5.39. The summed E-state index contributed by atoms with van der Waals surface area (Å²) < 4.78 is 1.81. The van der Waals surface area contributed by atoms with E-state index in [1.807, 2.05) is 30.2 Å². The number of hydrogen-bond donors (Lipinski definition) is 0. The van der Waals surface area contributed by atoms with Gasteiger partial charge in [0.15, 0.2) is 0 Å². The largest absolute Gasteiger partial charge is 0.275 e. The van der Waals surface area contributed by atoms with Crippen molar-refractivity contribution in [2.45, 2.75) is 13.3 Å². The van der Waals surface area contributed by atoms with Crippen molar-refractivity contribution < 1.29 is 0 Å². The van der Waals surface area contributed by atoms with Gasteiger partial charge in [0.2, 0.25) is 0 Å². The Labute approximate surface area is 153 Å². The third-order valence-electron chi connectivity index (χ3n) is 4.56. The second kappa shape index (κ2) is 6.96. The Balaban J connectivity index is 1.85. The Kier molecular flexibility index (Phi) is 4.36. The number of hydrogen-bond acceptors (Lipinski definition) is 2. The lowest BCUT2D eigenvalue weighted by atomic mass is 10.00. The Morgan fingerprint density at radius 2 is 1.85 bits per heavy atom. The first-order valence-electron chi connectivity index (χ1n) is 8.89. The Morgan fingerprint density at radius 1 is 1.00 bits per heavy atom. The van der Waals surface area contributed by atoms with Gasteiger partial charge in [-0.2, -0.15) is 5.10 Å². The molecule has 2 aromatic heterocycles. The zero-order valence-corrected chi connectivity index (χ0v) is 15.1. The van der Waals surface area contributed by atoms with E-state index in [-0.39, 0.29) is 0 Å². The fraction of sp³-hybridized carbons (Fsp3) is 0.130. The number of aryl methyl sites for hydroxylation is 2. The molecular weight excluding hydrogens is 318 g/mol. The zero-order chi connectivity index (χ0) is 17.9. The van der Waals surface area contributed by atoms with Gasteiger partial charge in [-0.15, -0.1) is 0 Å². The molecule has 128 valence electrons. The minimum atomic E-state index is 0.961. The Morgan fingerprint density at radius 3 is 2.58 bits per heavy atom. The van der Waals surface area contributed by atoms with Gasteiger partial charge >= 0.3 is 0 Å². The average molecular weight is 339 g/mol. The molecule has 0 radical (unpaired) electrons. The highest BCUT2D eigenvalue weighted by molar-refractivity contribution is 5.92. The minimum absolute atomic E-state index is 0.961. The molecule has 0 saturated carbocycles. The molecule has 3 heteroatoms. The molecule has 0 aliphatic heterocycles. The maximum atomic E-state index is 5.06. The molecule has 26 heavy (non-hydrogen) atoms. The van der Waals surface area contributed by atoms with Crippen molar-refractivity contribution in [1.82, 2.24) is 14.8 Å². The van der Waals surface area contributed by atoms with E-state index in [0.717, 1.165) is 34.3 Å². The third kappa shape index (κ3) is 3.16. The van der Waals surface area contributed by atoms with Crippen LogP contribution in [0.1, 0.15) is 23.6 Å².